The van der Waals surface area contributed by atoms with Gasteiger partial charge in [0.25, 0.3) is 0 Å². The average Bonchev–Trinajstić information content (AvgIpc) is 3.73. The third kappa shape index (κ3) is 10.4. The lowest BCUT2D eigenvalue weighted by Crippen LogP contribution is -2.57. The highest BCUT2D eigenvalue weighted by atomic mass is 16.6. The highest BCUT2D eigenvalue weighted by molar-refractivity contribution is 5.98. The maximum absolute atomic E-state index is 13.6. The third-order valence-electron chi connectivity index (χ3n) is 7.44. The number of Topliss-reactive ketones (excluding diaryl/α,β-unsaturated/α-hetero) is 1. The monoisotopic (exact) mass is 563 g/mol. The van der Waals surface area contributed by atoms with Crippen LogP contribution >= 0.6 is 0 Å². The Morgan fingerprint density at radius 3 is 1.78 bits per heavy atom. The summed E-state index contributed by atoms with van der Waals surface area (Å²) in [6.45, 7) is 6.13. The first kappa shape index (κ1) is 32.0. The minimum absolute atomic E-state index is 0.184. The number of nitrogens with one attached hydrogen (secondary N) is 3. The van der Waals surface area contributed by atoms with Gasteiger partial charge >= 0.3 is 0 Å². The molecule has 3 N–H and O–H groups in total. The summed E-state index contributed by atoms with van der Waals surface area (Å²) in [5, 5.41) is 8.71. The molecular formula is C33H45N3O5. The summed E-state index contributed by atoms with van der Waals surface area (Å²) in [5.74, 6) is -1.21. The maximum atomic E-state index is 13.6. The molecule has 3 amide bonds. The molecule has 0 spiro atoms. The van der Waals surface area contributed by atoms with E-state index in [4.69, 9.17) is 4.74 Å². The number of ether oxygens (including phenoxy) is 1. The van der Waals surface area contributed by atoms with Gasteiger partial charge in [-0.1, -0.05) is 100 Å². The van der Waals surface area contributed by atoms with Gasteiger partial charge in [-0.2, -0.15) is 0 Å². The highest BCUT2D eigenvalue weighted by Gasteiger charge is 2.50. The van der Waals surface area contributed by atoms with Crippen LogP contribution in [0.25, 0.3) is 0 Å². The number of epoxide rings is 1. The van der Waals surface area contributed by atoms with Crippen molar-refractivity contribution in [2.24, 2.45) is 0 Å². The summed E-state index contributed by atoms with van der Waals surface area (Å²) in [5.41, 5.74) is 0.915. The molecule has 222 valence electrons. The van der Waals surface area contributed by atoms with Gasteiger partial charge in [0.05, 0.1) is 12.6 Å². The van der Waals surface area contributed by atoms with Crippen molar-refractivity contribution >= 4 is 23.5 Å². The van der Waals surface area contributed by atoms with Gasteiger partial charge in [0, 0.05) is 12.8 Å². The van der Waals surface area contributed by atoms with Crippen molar-refractivity contribution in [3.8, 4) is 0 Å². The van der Waals surface area contributed by atoms with E-state index in [1.807, 2.05) is 67.6 Å². The lowest BCUT2D eigenvalue weighted by molar-refractivity contribution is -0.134. The normalized spacial score (nSPS) is 18.0. The molecular weight excluding hydrogens is 518 g/mol. The fraction of sp³-hybridized carbons (Fsp3) is 0.515. The number of hydrogen-bond acceptors (Lipinski definition) is 5. The second kappa shape index (κ2) is 16.1. The van der Waals surface area contributed by atoms with Crippen LogP contribution in [0.3, 0.4) is 0 Å². The van der Waals surface area contributed by atoms with Gasteiger partial charge < -0.3 is 20.7 Å². The summed E-state index contributed by atoms with van der Waals surface area (Å²) in [7, 11) is 0. The molecule has 3 rings (SSSR count). The molecule has 0 aromatic heterocycles. The molecule has 8 heteroatoms. The molecule has 0 aliphatic carbocycles. The van der Waals surface area contributed by atoms with Crippen LogP contribution in [0.15, 0.2) is 60.7 Å². The van der Waals surface area contributed by atoms with Crippen LogP contribution in [-0.4, -0.2) is 53.8 Å². The summed E-state index contributed by atoms with van der Waals surface area (Å²) in [6, 6.07) is 16.5. The van der Waals surface area contributed by atoms with Gasteiger partial charge in [-0.15, -0.1) is 0 Å². The molecule has 0 unspecified atom stereocenters. The van der Waals surface area contributed by atoms with E-state index in [9.17, 15) is 19.2 Å². The highest BCUT2D eigenvalue weighted by Crippen LogP contribution is 2.29. The Morgan fingerprint density at radius 2 is 1.24 bits per heavy atom. The molecule has 4 atom stereocenters. The van der Waals surface area contributed by atoms with Gasteiger partial charge in [-0.25, -0.2) is 0 Å². The molecule has 1 aliphatic heterocycles. The van der Waals surface area contributed by atoms with E-state index in [1.54, 1.807) is 6.92 Å². The standard InChI is InChI=1S/C33H45N3O5/c1-4-6-10-20-29(37)34-28(22-25-17-13-9-14-18-25)32(40)35-26(19-7-5-2)31(39)36-27(30(38)33(3)23-41-33)21-24-15-11-8-12-16-24/h8-9,11-18,26-28H,4-7,10,19-23H2,1-3H3,(H,34,37)(H,35,40)(H,36,39)/t26-,27-,28-,33+/m0/s1. The number of hydrogen-bond donors (Lipinski definition) is 3. The molecule has 1 aliphatic rings. The largest absolute Gasteiger partial charge is 0.361 e. The Morgan fingerprint density at radius 1 is 0.732 bits per heavy atom. The third-order valence-corrected chi connectivity index (χ3v) is 7.44. The van der Waals surface area contributed by atoms with Gasteiger partial charge in [-0.3, -0.25) is 19.2 Å². The Balaban J connectivity index is 1.75. The smallest absolute Gasteiger partial charge is 0.243 e. The molecule has 1 heterocycles. The van der Waals surface area contributed by atoms with Crippen molar-refractivity contribution in [2.75, 3.05) is 6.61 Å². The fourth-order valence-electron chi connectivity index (χ4n) is 4.76. The van der Waals surface area contributed by atoms with Crippen LogP contribution in [-0.2, 0) is 36.8 Å². The van der Waals surface area contributed by atoms with Crippen molar-refractivity contribution in [2.45, 2.75) is 102 Å². The summed E-state index contributed by atoms with van der Waals surface area (Å²) < 4.78 is 5.40. The van der Waals surface area contributed by atoms with E-state index in [1.165, 1.54) is 0 Å². The number of benzene rings is 2. The predicted molar refractivity (Wildman–Crippen MR) is 159 cm³/mol. The van der Waals surface area contributed by atoms with Crippen molar-refractivity contribution in [3.63, 3.8) is 0 Å². The van der Waals surface area contributed by atoms with Crippen LogP contribution in [0.1, 0.15) is 76.8 Å². The minimum atomic E-state index is -0.905. The molecule has 0 radical (unpaired) electrons. The second-order valence-electron chi connectivity index (χ2n) is 11.1. The molecule has 2 aromatic carbocycles. The number of rotatable bonds is 18. The number of carbonyl (C=O) groups excluding carboxylic acids is 4. The van der Waals surface area contributed by atoms with E-state index < -0.39 is 35.5 Å². The van der Waals surface area contributed by atoms with Gasteiger partial charge in [0.2, 0.25) is 17.7 Å². The maximum Gasteiger partial charge on any atom is 0.243 e. The fourth-order valence-corrected chi connectivity index (χ4v) is 4.76. The lowest BCUT2D eigenvalue weighted by atomic mass is 9.94. The van der Waals surface area contributed by atoms with Crippen molar-refractivity contribution in [3.05, 3.63) is 71.8 Å². The van der Waals surface area contributed by atoms with Gasteiger partial charge in [0.15, 0.2) is 5.78 Å². The Labute approximate surface area is 244 Å². The van der Waals surface area contributed by atoms with Crippen LogP contribution < -0.4 is 16.0 Å². The second-order valence-corrected chi connectivity index (χ2v) is 11.1. The van der Waals surface area contributed by atoms with Crippen LogP contribution in [0, 0.1) is 0 Å². The SMILES string of the molecule is CCCCCC(=O)N[C@@H](Cc1ccccc1)C(=O)N[C@@H](CCCC)C(=O)N[C@@H](Cc1ccccc1)C(=O)[C@@]1(C)CO1. The number of amides is 3. The Hall–Kier alpha value is -3.52. The number of carbonyl (C=O) groups is 4. The Kier molecular flexibility index (Phi) is 12.5. The van der Waals surface area contributed by atoms with Crippen molar-refractivity contribution in [1.29, 1.82) is 0 Å². The topological polar surface area (TPSA) is 117 Å². The van der Waals surface area contributed by atoms with Gasteiger partial charge in [0.1, 0.15) is 17.7 Å². The predicted octanol–water partition coefficient (Wildman–Crippen LogP) is 4.05. The Bertz CT molecular complexity index is 1130. The van der Waals surface area contributed by atoms with Crippen molar-refractivity contribution < 1.29 is 23.9 Å². The molecule has 0 saturated carbocycles. The number of ketones is 1. The minimum Gasteiger partial charge on any atom is -0.361 e. The zero-order valence-electron chi connectivity index (χ0n) is 24.6. The lowest BCUT2D eigenvalue weighted by Gasteiger charge is -2.26. The average molecular weight is 564 g/mol. The summed E-state index contributed by atoms with van der Waals surface area (Å²) >= 11 is 0. The van der Waals surface area contributed by atoms with Crippen molar-refractivity contribution in [1.82, 2.24) is 16.0 Å². The van der Waals surface area contributed by atoms with Crippen LogP contribution in [0.5, 0.6) is 0 Å². The molecule has 1 saturated heterocycles. The zero-order chi connectivity index (χ0) is 29.7. The first-order valence-corrected chi connectivity index (χ1v) is 14.9. The van der Waals surface area contributed by atoms with E-state index in [0.29, 0.717) is 38.7 Å². The summed E-state index contributed by atoms with van der Waals surface area (Å²) in [4.78, 5) is 53.2. The van der Waals surface area contributed by atoms with E-state index in [-0.39, 0.29) is 11.7 Å². The molecule has 41 heavy (non-hydrogen) atoms. The quantitative estimate of drug-likeness (QED) is 0.187. The summed E-state index contributed by atoms with van der Waals surface area (Å²) in [6.07, 6.45) is 5.62. The molecule has 1 fully saturated rings. The first-order valence-electron chi connectivity index (χ1n) is 14.9. The van der Waals surface area contributed by atoms with E-state index in [2.05, 4.69) is 22.9 Å². The number of unbranched alkanes of at least 4 members (excludes halogenated alkanes) is 3. The van der Waals surface area contributed by atoms with E-state index >= 15 is 0 Å². The van der Waals surface area contributed by atoms with Crippen LogP contribution in [0.2, 0.25) is 0 Å². The molecule has 8 nitrogen and oxygen atoms in total. The molecule has 2 aromatic rings. The van der Waals surface area contributed by atoms with Crippen LogP contribution in [0.4, 0.5) is 0 Å². The zero-order valence-corrected chi connectivity index (χ0v) is 24.6. The van der Waals surface area contributed by atoms with Gasteiger partial charge in [-0.05, 0) is 37.3 Å². The van der Waals surface area contributed by atoms with E-state index in [0.717, 1.165) is 36.8 Å². The molecule has 0 bridgehead atoms. The first-order chi connectivity index (χ1) is 19.8.